The first-order valence-electron chi connectivity index (χ1n) is 5.62. The Morgan fingerprint density at radius 3 is 2.56 bits per heavy atom. The van der Waals surface area contributed by atoms with Crippen molar-refractivity contribution in [2.75, 3.05) is 6.54 Å². The molecule has 1 aromatic rings. The maximum absolute atomic E-state index is 13.4. The van der Waals surface area contributed by atoms with Gasteiger partial charge in [-0.3, -0.25) is 0 Å². The van der Waals surface area contributed by atoms with E-state index < -0.39 is 5.60 Å². The minimum absolute atomic E-state index is 0.0605. The van der Waals surface area contributed by atoms with Crippen LogP contribution in [0.1, 0.15) is 31.4 Å². The van der Waals surface area contributed by atoms with Gasteiger partial charge < -0.3 is 10.8 Å². The van der Waals surface area contributed by atoms with Crippen molar-refractivity contribution in [1.29, 1.82) is 0 Å². The van der Waals surface area contributed by atoms with Crippen LogP contribution in [0, 0.1) is 18.7 Å². The van der Waals surface area contributed by atoms with Gasteiger partial charge in [-0.05, 0) is 44.0 Å². The summed E-state index contributed by atoms with van der Waals surface area (Å²) in [5.74, 6) is -0.348. The van der Waals surface area contributed by atoms with Gasteiger partial charge in [-0.1, -0.05) is 19.1 Å². The Morgan fingerprint density at radius 1 is 1.50 bits per heavy atom. The third kappa shape index (κ3) is 2.42. The summed E-state index contributed by atoms with van der Waals surface area (Å²) < 4.78 is 13.4. The third-order valence-electron chi connectivity index (χ3n) is 3.33. The highest BCUT2D eigenvalue weighted by molar-refractivity contribution is 5.28. The molecule has 0 aliphatic heterocycles. The monoisotopic (exact) mass is 225 g/mol. The van der Waals surface area contributed by atoms with E-state index in [9.17, 15) is 9.50 Å². The van der Waals surface area contributed by atoms with E-state index in [1.54, 1.807) is 26.0 Å². The van der Waals surface area contributed by atoms with Crippen molar-refractivity contribution in [2.45, 2.75) is 32.8 Å². The van der Waals surface area contributed by atoms with E-state index in [0.29, 0.717) is 17.7 Å². The Bertz CT molecular complexity index is 359. The summed E-state index contributed by atoms with van der Waals surface area (Å²) in [5, 5.41) is 10.4. The van der Waals surface area contributed by atoms with Gasteiger partial charge in [0.1, 0.15) is 5.82 Å². The van der Waals surface area contributed by atoms with Gasteiger partial charge in [0.25, 0.3) is 0 Å². The fourth-order valence-corrected chi connectivity index (χ4v) is 1.94. The number of nitrogens with two attached hydrogens (primary N) is 1. The summed E-state index contributed by atoms with van der Waals surface area (Å²) in [6.45, 7) is 5.75. The Hall–Kier alpha value is -0.930. The van der Waals surface area contributed by atoms with Crippen molar-refractivity contribution in [3.8, 4) is 0 Å². The lowest BCUT2D eigenvalue weighted by Crippen LogP contribution is -2.36. The molecule has 0 bridgehead atoms. The molecule has 0 saturated carbocycles. The molecule has 3 heteroatoms. The molecular weight excluding hydrogens is 205 g/mol. The van der Waals surface area contributed by atoms with Crippen LogP contribution in [0.2, 0.25) is 0 Å². The van der Waals surface area contributed by atoms with Crippen molar-refractivity contribution in [1.82, 2.24) is 0 Å². The normalized spacial score (nSPS) is 16.9. The number of aliphatic hydroxyl groups is 1. The molecule has 2 nitrogen and oxygen atoms in total. The zero-order valence-electron chi connectivity index (χ0n) is 10.1. The molecule has 90 valence electrons. The lowest BCUT2D eigenvalue weighted by molar-refractivity contribution is -0.00429. The predicted octanol–water partition coefficient (Wildman–Crippen LogP) is 2.33. The molecule has 2 atom stereocenters. The summed E-state index contributed by atoms with van der Waals surface area (Å²) in [6.07, 6.45) is 0.763. The number of halogens is 1. The largest absolute Gasteiger partial charge is 0.385 e. The van der Waals surface area contributed by atoms with Crippen LogP contribution in [0.15, 0.2) is 18.2 Å². The molecule has 2 unspecified atom stereocenters. The van der Waals surface area contributed by atoms with Crippen LogP contribution in [0.5, 0.6) is 0 Å². The Kier molecular flexibility index (Phi) is 4.05. The molecular formula is C13H20FNO. The number of rotatable bonds is 4. The number of aryl methyl sites for hydroxylation is 1. The van der Waals surface area contributed by atoms with Crippen molar-refractivity contribution >= 4 is 0 Å². The van der Waals surface area contributed by atoms with Gasteiger partial charge >= 0.3 is 0 Å². The Labute approximate surface area is 96.3 Å². The lowest BCUT2D eigenvalue weighted by Gasteiger charge is -2.32. The fourth-order valence-electron chi connectivity index (χ4n) is 1.94. The summed E-state index contributed by atoms with van der Waals surface area (Å²) in [6, 6.07) is 4.84. The molecule has 1 rings (SSSR count). The molecule has 0 heterocycles. The van der Waals surface area contributed by atoms with Gasteiger partial charge in [0.05, 0.1) is 5.60 Å². The first-order valence-corrected chi connectivity index (χ1v) is 5.62. The van der Waals surface area contributed by atoms with Gasteiger partial charge in [0, 0.05) is 5.92 Å². The SMILES string of the molecule is CCC(CN)C(C)(O)c1ccc(C)c(F)c1. The average Bonchev–Trinajstić information content (AvgIpc) is 2.23. The standard InChI is InChI=1S/C13H20FNO/c1-4-10(8-15)13(3,16)11-6-5-9(2)12(14)7-11/h5-7,10,16H,4,8,15H2,1-3H3. The molecule has 0 aliphatic carbocycles. The summed E-state index contributed by atoms with van der Waals surface area (Å²) in [7, 11) is 0. The Morgan fingerprint density at radius 2 is 2.12 bits per heavy atom. The van der Waals surface area contributed by atoms with Gasteiger partial charge in [-0.15, -0.1) is 0 Å². The average molecular weight is 225 g/mol. The molecule has 0 aromatic heterocycles. The second-order valence-electron chi connectivity index (χ2n) is 4.45. The highest BCUT2D eigenvalue weighted by Gasteiger charge is 2.31. The lowest BCUT2D eigenvalue weighted by atomic mass is 9.81. The second kappa shape index (κ2) is 4.93. The first kappa shape index (κ1) is 13.1. The third-order valence-corrected chi connectivity index (χ3v) is 3.33. The molecule has 3 N–H and O–H groups in total. The molecule has 0 aliphatic rings. The highest BCUT2D eigenvalue weighted by atomic mass is 19.1. The van der Waals surface area contributed by atoms with E-state index in [1.165, 1.54) is 6.07 Å². The fraction of sp³-hybridized carbons (Fsp3) is 0.538. The van der Waals surface area contributed by atoms with Crippen molar-refractivity contribution in [3.63, 3.8) is 0 Å². The molecule has 16 heavy (non-hydrogen) atoms. The number of benzene rings is 1. The van der Waals surface area contributed by atoms with E-state index in [4.69, 9.17) is 5.73 Å². The van der Waals surface area contributed by atoms with E-state index in [-0.39, 0.29) is 11.7 Å². The van der Waals surface area contributed by atoms with Crippen molar-refractivity contribution in [2.24, 2.45) is 11.7 Å². The van der Waals surface area contributed by atoms with Gasteiger partial charge in [-0.25, -0.2) is 4.39 Å². The zero-order chi connectivity index (χ0) is 12.3. The van der Waals surface area contributed by atoms with Gasteiger partial charge in [-0.2, -0.15) is 0 Å². The van der Waals surface area contributed by atoms with Gasteiger partial charge in [0.2, 0.25) is 0 Å². The molecule has 0 spiro atoms. The Balaban J connectivity index is 3.10. The molecule has 0 radical (unpaired) electrons. The summed E-state index contributed by atoms with van der Waals surface area (Å²) >= 11 is 0. The molecule has 0 fully saturated rings. The van der Waals surface area contributed by atoms with Crippen molar-refractivity contribution < 1.29 is 9.50 Å². The minimum atomic E-state index is -1.07. The highest BCUT2D eigenvalue weighted by Crippen LogP contribution is 2.31. The maximum atomic E-state index is 13.4. The van der Waals surface area contributed by atoms with Crippen molar-refractivity contribution in [3.05, 3.63) is 35.1 Å². The summed E-state index contributed by atoms with van der Waals surface area (Å²) in [4.78, 5) is 0. The van der Waals surface area contributed by atoms with Crippen LogP contribution < -0.4 is 5.73 Å². The van der Waals surface area contributed by atoms with Crippen LogP contribution in [0.4, 0.5) is 4.39 Å². The van der Waals surface area contributed by atoms with E-state index in [1.807, 2.05) is 6.92 Å². The number of hydrogen-bond donors (Lipinski definition) is 2. The van der Waals surface area contributed by atoms with E-state index >= 15 is 0 Å². The number of hydrogen-bond acceptors (Lipinski definition) is 2. The smallest absolute Gasteiger partial charge is 0.126 e. The topological polar surface area (TPSA) is 46.2 Å². The van der Waals surface area contributed by atoms with Crippen LogP contribution >= 0.6 is 0 Å². The van der Waals surface area contributed by atoms with Crippen LogP contribution in [0.25, 0.3) is 0 Å². The predicted molar refractivity (Wildman–Crippen MR) is 63.5 cm³/mol. The van der Waals surface area contributed by atoms with Crippen LogP contribution in [0.3, 0.4) is 0 Å². The van der Waals surface area contributed by atoms with Gasteiger partial charge in [0.15, 0.2) is 0 Å². The van der Waals surface area contributed by atoms with Crippen LogP contribution in [-0.2, 0) is 5.60 Å². The maximum Gasteiger partial charge on any atom is 0.126 e. The minimum Gasteiger partial charge on any atom is -0.385 e. The molecule has 0 amide bonds. The van der Waals surface area contributed by atoms with E-state index in [0.717, 1.165) is 6.42 Å². The zero-order valence-corrected chi connectivity index (χ0v) is 10.1. The first-order chi connectivity index (χ1) is 7.43. The quantitative estimate of drug-likeness (QED) is 0.826. The van der Waals surface area contributed by atoms with E-state index in [2.05, 4.69) is 0 Å². The van der Waals surface area contributed by atoms with Crippen LogP contribution in [-0.4, -0.2) is 11.7 Å². The molecule has 1 aromatic carbocycles. The summed E-state index contributed by atoms with van der Waals surface area (Å²) in [5.41, 5.74) is 5.72. The molecule has 0 saturated heterocycles. The second-order valence-corrected chi connectivity index (χ2v) is 4.45.